The van der Waals surface area contributed by atoms with Crippen LogP contribution in [0.15, 0.2) is 52.7 Å². The summed E-state index contributed by atoms with van der Waals surface area (Å²) in [6.07, 6.45) is 4.54. The predicted octanol–water partition coefficient (Wildman–Crippen LogP) is 3.60. The normalized spacial score (nSPS) is 10.7. The minimum atomic E-state index is 0.0878. The number of carbonyl (C=O) groups is 1. The predicted molar refractivity (Wildman–Crippen MR) is 92.4 cm³/mol. The van der Waals surface area contributed by atoms with Gasteiger partial charge in [0.25, 0.3) is 0 Å². The highest BCUT2D eigenvalue weighted by Crippen LogP contribution is 2.17. The molecule has 0 fully saturated rings. The van der Waals surface area contributed by atoms with Crippen LogP contribution in [0.5, 0.6) is 0 Å². The number of rotatable bonds is 7. The topological polar surface area (TPSA) is 59.2 Å². The molecule has 0 unspecified atom stereocenters. The van der Waals surface area contributed by atoms with Crippen molar-refractivity contribution in [3.8, 4) is 0 Å². The fourth-order valence-electron chi connectivity index (χ4n) is 2.45. The standard InChI is InChI=1S/C18H19N3O2S/c1-14-17(24-13-20-14)7-8-18(22)21(12-16-6-4-10-23-16)11-15-5-2-3-9-19-15/h2-6,9-10,13H,7-8,11-12H2,1H3. The van der Waals surface area contributed by atoms with Gasteiger partial charge < -0.3 is 9.32 Å². The van der Waals surface area contributed by atoms with E-state index in [0.717, 1.165) is 17.1 Å². The Morgan fingerprint density at radius 3 is 2.79 bits per heavy atom. The van der Waals surface area contributed by atoms with Crippen LogP contribution in [-0.2, 0) is 24.3 Å². The van der Waals surface area contributed by atoms with Gasteiger partial charge in [0, 0.05) is 17.5 Å². The molecule has 0 spiro atoms. The highest BCUT2D eigenvalue weighted by Gasteiger charge is 2.17. The Labute approximate surface area is 145 Å². The number of amides is 1. The Morgan fingerprint density at radius 1 is 1.21 bits per heavy atom. The molecule has 0 aromatic carbocycles. The molecule has 0 aliphatic heterocycles. The number of hydrogen-bond donors (Lipinski definition) is 0. The molecule has 3 aromatic heterocycles. The van der Waals surface area contributed by atoms with E-state index in [0.29, 0.717) is 25.9 Å². The van der Waals surface area contributed by atoms with Crippen LogP contribution in [0.4, 0.5) is 0 Å². The van der Waals surface area contributed by atoms with E-state index in [2.05, 4.69) is 9.97 Å². The number of furan rings is 1. The number of thiazole rings is 1. The van der Waals surface area contributed by atoms with E-state index in [1.165, 1.54) is 4.88 Å². The number of pyridine rings is 1. The van der Waals surface area contributed by atoms with Crippen molar-refractivity contribution in [1.29, 1.82) is 0 Å². The summed E-state index contributed by atoms with van der Waals surface area (Å²) in [7, 11) is 0. The van der Waals surface area contributed by atoms with Crippen LogP contribution in [0, 0.1) is 6.92 Å². The van der Waals surface area contributed by atoms with Crippen LogP contribution in [0.3, 0.4) is 0 Å². The van der Waals surface area contributed by atoms with Gasteiger partial charge in [-0.05, 0) is 37.6 Å². The van der Waals surface area contributed by atoms with Crippen molar-refractivity contribution in [2.45, 2.75) is 32.9 Å². The van der Waals surface area contributed by atoms with Crippen LogP contribution >= 0.6 is 11.3 Å². The van der Waals surface area contributed by atoms with E-state index in [4.69, 9.17) is 4.42 Å². The SMILES string of the molecule is Cc1ncsc1CCC(=O)N(Cc1ccccn1)Cc1ccco1. The first-order valence-electron chi connectivity index (χ1n) is 7.81. The molecule has 3 heterocycles. The van der Waals surface area contributed by atoms with Gasteiger partial charge in [-0.15, -0.1) is 11.3 Å². The summed E-state index contributed by atoms with van der Waals surface area (Å²) in [6, 6.07) is 9.44. The lowest BCUT2D eigenvalue weighted by Crippen LogP contribution is -2.30. The van der Waals surface area contributed by atoms with E-state index >= 15 is 0 Å². The molecule has 5 nitrogen and oxygen atoms in total. The summed E-state index contributed by atoms with van der Waals surface area (Å²) in [5.41, 5.74) is 3.70. The third-order valence-electron chi connectivity index (χ3n) is 3.77. The maximum atomic E-state index is 12.7. The lowest BCUT2D eigenvalue weighted by molar-refractivity contribution is -0.132. The summed E-state index contributed by atoms with van der Waals surface area (Å²) in [5, 5.41) is 0. The Kier molecular flexibility index (Phi) is 5.38. The lowest BCUT2D eigenvalue weighted by atomic mass is 10.2. The van der Waals surface area contributed by atoms with E-state index in [-0.39, 0.29) is 5.91 Å². The average Bonchev–Trinajstić information content (AvgIpc) is 3.25. The number of aromatic nitrogens is 2. The third kappa shape index (κ3) is 4.29. The molecule has 0 saturated heterocycles. The Balaban J connectivity index is 1.68. The van der Waals surface area contributed by atoms with Crippen LogP contribution in [0.1, 0.15) is 28.4 Å². The van der Waals surface area contributed by atoms with Crippen molar-refractivity contribution in [2.75, 3.05) is 0 Å². The maximum absolute atomic E-state index is 12.7. The molecule has 0 N–H and O–H groups in total. The van der Waals surface area contributed by atoms with E-state index < -0.39 is 0 Å². The first kappa shape index (κ1) is 16.4. The van der Waals surface area contributed by atoms with Gasteiger partial charge in [0.1, 0.15) is 5.76 Å². The minimum absolute atomic E-state index is 0.0878. The van der Waals surface area contributed by atoms with E-state index in [1.54, 1.807) is 28.7 Å². The van der Waals surface area contributed by atoms with Gasteiger partial charge in [-0.25, -0.2) is 4.98 Å². The van der Waals surface area contributed by atoms with Gasteiger partial charge in [-0.1, -0.05) is 6.07 Å². The zero-order valence-electron chi connectivity index (χ0n) is 13.5. The Morgan fingerprint density at radius 2 is 2.12 bits per heavy atom. The highest BCUT2D eigenvalue weighted by atomic mass is 32.1. The summed E-state index contributed by atoms with van der Waals surface area (Å²) >= 11 is 1.60. The van der Waals surface area contributed by atoms with Crippen molar-refractivity contribution in [2.24, 2.45) is 0 Å². The molecule has 24 heavy (non-hydrogen) atoms. The quantitative estimate of drug-likeness (QED) is 0.659. The van der Waals surface area contributed by atoms with Crippen molar-refractivity contribution < 1.29 is 9.21 Å². The van der Waals surface area contributed by atoms with Crippen molar-refractivity contribution in [3.05, 3.63) is 70.3 Å². The summed E-state index contributed by atoms with van der Waals surface area (Å²) in [4.78, 5) is 24.2. The molecule has 6 heteroatoms. The van der Waals surface area contributed by atoms with Gasteiger partial charge in [0.05, 0.1) is 36.3 Å². The van der Waals surface area contributed by atoms with Gasteiger partial charge in [-0.2, -0.15) is 0 Å². The van der Waals surface area contributed by atoms with E-state index in [9.17, 15) is 4.79 Å². The fraction of sp³-hybridized carbons (Fsp3) is 0.278. The molecule has 0 saturated carbocycles. The van der Waals surface area contributed by atoms with Crippen LogP contribution in [0.25, 0.3) is 0 Å². The second-order valence-corrected chi connectivity index (χ2v) is 6.45. The molecule has 3 rings (SSSR count). The van der Waals surface area contributed by atoms with Crippen LogP contribution in [0.2, 0.25) is 0 Å². The van der Waals surface area contributed by atoms with E-state index in [1.807, 2.05) is 42.8 Å². The molecular formula is C18H19N3O2S. The smallest absolute Gasteiger partial charge is 0.223 e. The number of hydrogen-bond acceptors (Lipinski definition) is 5. The Hall–Kier alpha value is -2.47. The molecule has 0 aliphatic carbocycles. The van der Waals surface area contributed by atoms with Gasteiger partial charge in [0.2, 0.25) is 5.91 Å². The molecule has 1 amide bonds. The zero-order chi connectivity index (χ0) is 16.8. The average molecular weight is 341 g/mol. The Bertz CT molecular complexity index is 769. The van der Waals surface area contributed by atoms with Crippen LogP contribution < -0.4 is 0 Å². The van der Waals surface area contributed by atoms with Crippen molar-refractivity contribution in [3.63, 3.8) is 0 Å². The second kappa shape index (κ2) is 7.88. The van der Waals surface area contributed by atoms with Crippen LogP contribution in [-0.4, -0.2) is 20.8 Å². The highest BCUT2D eigenvalue weighted by molar-refractivity contribution is 7.09. The van der Waals surface area contributed by atoms with Crippen molar-refractivity contribution >= 4 is 17.2 Å². The maximum Gasteiger partial charge on any atom is 0.223 e. The van der Waals surface area contributed by atoms with Gasteiger partial charge in [-0.3, -0.25) is 9.78 Å². The number of carbonyl (C=O) groups excluding carboxylic acids is 1. The van der Waals surface area contributed by atoms with Gasteiger partial charge >= 0.3 is 0 Å². The first-order chi connectivity index (χ1) is 11.7. The minimum Gasteiger partial charge on any atom is -0.467 e. The molecular weight excluding hydrogens is 322 g/mol. The zero-order valence-corrected chi connectivity index (χ0v) is 14.3. The summed E-state index contributed by atoms with van der Waals surface area (Å²) in [5.74, 6) is 0.859. The molecule has 0 aliphatic rings. The van der Waals surface area contributed by atoms with Crippen molar-refractivity contribution in [1.82, 2.24) is 14.9 Å². The monoisotopic (exact) mass is 341 g/mol. The summed E-state index contributed by atoms with van der Waals surface area (Å²) < 4.78 is 5.40. The molecule has 124 valence electrons. The molecule has 0 radical (unpaired) electrons. The molecule has 0 bridgehead atoms. The third-order valence-corrected chi connectivity index (χ3v) is 4.76. The number of nitrogens with zero attached hydrogens (tertiary/aromatic N) is 3. The fourth-order valence-corrected chi connectivity index (χ4v) is 3.24. The first-order valence-corrected chi connectivity index (χ1v) is 8.69. The number of aryl methyl sites for hydroxylation is 2. The van der Waals surface area contributed by atoms with Gasteiger partial charge in [0.15, 0.2) is 0 Å². The molecule has 0 atom stereocenters. The molecule has 3 aromatic rings. The largest absolute Gasteiger partial charge is 0.467 e. The lowest BCUT2D eigenvalue weighted by Gasteiger charge is -2.21. The second-order valence-electron chi connectivity index (χ2n) is 5.51. The summed E-state index contributed by atoms with van der Waals surface area (Å²) in [6.45, 7) is 2.90.